The van der Waals surface area contributed by atoms with Crippen molar-refractivity contribution in [3.8, 4) is 5.75 Å². The molecular formula is C16H13FO2. The van der Waals surface area contributed by atoms with E-state index in [1.807, 2.05) is 24.3 Å². The van der Waals surface area contributed by atoms with Crippen LogP contribution in [0.4, 0.5) is 4.39 Å². The monoisotopic (exact) mass is 256 g/mol. The largest absolute Gasteiger partial charge is 0.492 e. The van der Waals surface area contributed by atoms with Crippen molar-refractivity contribution in [2.24, 2.45) is 0 Å². The zero-order chi connectivity index (χ0) is 13.4. The number of rotatable bonds is 2. The number of fused-ring (bicyclic) bond motifs is 1. The van der Waals surface area contributed by atoms with Crippen LogP contribution >= 0.6 is 0 Å². The predicted molar refractivity (Wildman–Crippen MR) is 70.1 cm³/mol. The Hall–Kier alpha value is -2.16. The van der Waals surface area contributed by atoms with Gasteiger partial charge in [0.1, 0.15) is 18.2 Å². The summed E-state index contributed by atoms with van der Waals surface area (Å²) < 4.78 is 19.0. The molecule has 0 radical (unpaired) electrons. The first-order valence-electron chi connectivity index (χ1n) is 6.19. The summed E-state index contributed by atoms with van der Waals surface area (Å²) in [7, 11) is 0. The number of benzene rings is 2. The zero-order valence-electron chi connectivity index (χ0n) is 10.5. The highest BCUT2D eigenvalue weighted by molar-refractivity contribution is 6.01. The van der Waals surface area contributed by atoms with Gasteiger partial charge < -0.3 is 4.74 Å². The molecule has 2 nitrogen and oxygen atoms in total. The molecule has 1 heterocycles. The quantitative estimate of drug-likeness (QED) is 0.769. The van der Waals surface area contributed by atoms with Crippen molar-refractivity contribution in [2.75, 3.05) is 6.61 Å². The number of aryl methyl sites for hydroxylation is 1. The molecule has 96 valence electrons. The normalized spacial score (nSPS) is 16.8. The van der Waals surface area contributed by atoms with E-state index in [4.69, 9.17) is 4.74 Å². The summed E-state index contributed by atoms with van der Waals surface area (Å²) in [6, 6.07) is 12.1. The summed E-state index contributed by atoms with van der Waals surface area (Å²) in [5.41, 5.74) is 1.82. The summed E-state index contributed by atoms with van der Waals surface area (Å²) >= 11 is 0. The lowest BCUT2D eigenvalue weighted by Crippen LogP contribution is -2.14. The van der Waals surface area contributed by atoms with Crippen LogP contribution in [-0.2, 0) is 0 Å². The molecule has 0 saturated heterocycles. The van der Waals surface area contributed by atoms with Gasteiger partial charge in [-0.25, -0.2) is 4.39 Å². The number of ether oxygens (including phenoxy) is 1. The van der Waals surface area contributed by atoms with E-state index in [0.29, 0.717) is 17.7 Å². The Morgan fingerprint density at radius 3 is 2.84 bits per heavy atom. The molecule has 0 amide bonds. The number of para-hydroxylation sites is 1. The molecule has 0 fully saturated rings. The minimum Gasteiger partial charge on any atom is -0.492 e. The van der Waals surface area contributed by atoms with Crippen LogP contribution in [-0.4, -0.2) is 12.4 Å². The Kier molecular flexibility index (Phi) is 2.82. The first-order chi connectivity index (χ1) is 9.16. The van der Waals surface area contributed by atoms with E-state index in [9.17, 15) is 9.18 Å². The Morgan fingerprint density at radius 1 is 1.26 bits per heavy atom. The topological polar surface area (TPSA) is 26.3 Å². The Morgan fingerprint density at radius 2 is 2.05 bits per heavy atom. The van der Waals surface area contributed by atoms with Gasteiger partial charge in [0.05, 0.1) is 5.92 Å². The third kappa shape index (κ3) is 2.01. The minimum atomic E-state index is -0.349. The van der Waals surface area contributed by atoms with Crippen molar-refractivity contribution in [3.63, 3.8) is 0 Å². The predicted octanol–water partition coefficient (Wildman–Crippen LogP) is 3.49. The van der Waals surface area contributed by atoms with Gasteiger partial charge in [-0.1, -0.05) is 30.3 Å². The highest BCUT2D eigenvalue weighted by Gasteiger charge is 2.30. The van der Waals surface area contributed by atoms with E-state index in [1.54, 1.807) is 19.1 Å². The molecule has 3 heteroatoms. The molecule has 1 atom stereocenters. The lowest BCUT2D eigenvalue weighted by molar-refractivity contribution is 0.0947. The lowest BCUT2D eigenvalue weighted by Gasteiger charge is -2.08. The smallest absolute Gasteiger partial charge is 0.173 e. The molecule has 1 unspecified atom stereocenters. The van der Waals surface area contributed by atoms with Crippen LogP contribution in [0.25, 0.3) is 0 Å². The van der Waals surface area contributed by atoms with Crippen molar-refractivity contribution in [2.45, 2.75) is 12.8 Å². The number of hydrogen-bond acceptors (Lipinski definition) is 2. The Balaban J connectivity index is 1.95. The minimum absolute atomic E-state index is 0.0937. The van der Waals surface area contributed by atoms with Crippen LogP contribution in [0.1, 0.15) is 27.4 Å². The van der Waals surface area contributed by atoms with Crippen LogP contribution in [0.3, 0.4) is 0 Å². The van der Waals surface area contributed by atoms with Crippen molar-refractivity contribution < 1.29 is 13.9 Å². The number of carbonyl (C=O) groups excluding carboxylic acids is 1. The fraction of sp³-hybridized carbons (Fsp3) is 0.188. The van der Waals surface area contributed by atoms with E-state index in [0.717, 1.165) is 11.3 Å². The van der Waals surface area contributed by atoms with Gasteiger partial charge >= 0.3 is 0 Å². The standard InChI is InChI=1S/C16H13FO2/c1-10-6-7-11(8-14(10)17)16(18)13-9-19-15-5-3-2-4-12(13)15/h2-8,13H,9H2,1H3. The van der Waals surface area contributed by atoms with Gasteiger partial charge in [-0.05, 0) is 24.6 Å². The molecule has 0 bridgehead atoms. The number of carbonyl (C=O) groups is 1. The van der Waals surface area contributed by atoms with Gasteiger partial charge in [0.2, 0.25) is 0 Å². The van der Waals surface area contributed by atoms with Crippen molar-refractivity contribution in [1.82, 2.24) is 0 Å². The van der Waals surface area contributed by atoms with Crippen LogP contribution < -0.4 is 4.74 Å². The Labute approximate surface area is 110 Å². The van der Waals surface area contributed by atoms with Gasteiger partial charge in [0, 0.05) is 11.1 Å². The van der Waals surface area contributed by atoms with E-state index in [-0.39, 0.29) is 17.5 Å². The zero-order valence-corrected chi connectivity index (χ0v) is 10.5. The number of hydrogen-bond donors (Lipinski definition) is 0. The Bertz CT molecular complexity index is 649. The van der Waals surface area contributed by atoms with E-state index in [1.165, 1.54) is 6.07 Å². The molecule has 19 heavy (non-hydrogen) atoms. The van der Waals surface area contributed by atoms with Crippen molar-refractivity contribution in [1.29, 1.82) is 0 Å². The van der Waals surface area contributed by atoms with Crippen LogP contribution in [0.5, 0.6) is 5.75 Å². The SMILES string of the molecule is Cc1ccc(C(=O)C2COc3ccccc32)cc1F. The van der Waals surface area contributed by atoms with E-state index < -0.39 is 0 Å². The first-order valence-corrected chi connectivity index (χ1v) is 6.19. The van der Waals surface area contributed by atoms with Gasteiger partial charge in [-0.2, -0.15) is 0 Å². The fourth-order valence-corrected chi connectivity index (χ4v) is 2.33. The average Bonchev–Trinajstić information content (AvgIpc) is 2.85. The van der Waals surface area contributed by atoms with Crippen molar-refractivity contribution in [3.05, 3.63) is 65.0 Å². The second-order valence-corrected chi connectivity index (χ2v) is 4.73. The maximum absolute atomic E-state index is 13.5. The van der Waals surface area contributed by atoms with Crippen LogP contribution in [0.15, 0.2) is 42.5 Å². The molecule has 2 aromatic carbocycles. The third-order valence-corrected chi connectivity index (χ3v) is 3.47. The molecular weight excluding hydrogens is 243 g/mol. The van der Waals surface area contributed by atoms with Gasteiger partial charge in [-0.15, -0.1) is 0 Å². The molecule has 2 aromatic rings. The molecule has 0 spiro atoms. The van der Waals surface area contributed by atoms with Crippen LogP contribution in [0.2, 0.25) is 0 Å². The van der Waals surface area contributed by atoms with Gasteiger partial charge in [-0.3, -0.25) is 4.79 Å². The number of halogens is 1. The number of ketones is 1. The second-order valence-electron chi connectivity index (χ2n) is 4.73. The van der Waals surface area contributed by atoms with Gasteiger partial charge in [0.25, 0.3) is 0 Å². The molecule has 1 aliphatic heterocycles. The maximum Gasteiger partial charge on any atom is 0.173 e. The highest BCUT2D eigenvalue weighted by Crippen LogP contribution is 2.35. The summed E-state index contributed by atoms with van der Waals surface area (Å²) in [5.74, 6) is -0.0337. The summed E-state index contributed by atoms with van der Waals surface area (Å²) in [5, 5.41) is 0. The lowest BCUT2D eigenvalue weighted by atomic mass is 9.92. The second kappa shape index (κ2) is 4.50. The molecule has 0 aromatic heterocycles. The summed E-state index contributed by atoms with van der Waals surface area (Å²) in [6.07, 6.45) is 0. The van der Waals surface area contributed by atoms with Crippen LogP contribution in [0, 0.1) is 12.7 Å². The fourth-order valence-electron chi connectivity index (χ4n) is 2.33. The first kappa shape index (κ1) is 11.9. The summed E-state index contributed by atoms with van der Waals surface area (Å²) in [4.78, 5) is 12.4. The van der Waals surface area contributed by atoms with Crippen molar-refractivity contribution >= 4 is 5.78 Å². The molecule has 0 saturated carbocycles. The maximum atomic E-state index is 13.5. The highest BCUT2D eigenvalue weighted by atomic mass is 19.1. The molecule has 3 rings (SSSR count). The average molecular weight is 256 g/mol. The number of Topliss-reactive ketones (excluding diaryl/α,β-unsaturated/α-hetero) is 1. The van der Waals surface area contributed by atoms with E-state index in [2.05, 4.69) is 0 Å². The molecule has 1 aliphatic rings. The summed E-state index contributed by atoms with van der Waals surface area (Å²) in [6.45, 7) is 2.01. The van der Waals surface area contributed by atoms with Gasteiger partial charge in [0.15, 0.2) is 5.78 Å². The van der Waals surface area contributed by atoms with E-state index >= 15 is 0 Å². The third-order valence-electron chi connectivity index (χ3n) is 3.47. The molecule has 0 N–H and O–H groups in total. The molecule has 0 aliphatic carbocycles.